The van der Waals surface area contributed by atoms with Crippen LogP contribution in [-0.4, -0.2) is 29.9 Å². The van der Waals surface area contributed by atoms with Crippen LogP contribution in [0.3, 0.4) is 0 Å². The van der Waals surface area contributed by atoms with E-state index in [1.165, 1.54) is 11.1 Å². The zero-order valence-corrected chi connectivity index (χ0v) is 12.5. The largest absolute Gasteiger partial charge is 0.340 e. The molecule has 1 heterocycles. The Bertz CT molecular complexity index is 427. The fraction of sp³-hybridized carbons (Fsp3) is 0.588. The third kappa shape index (κ3) is 4.07. The zero-order valence-electron chi connectivity index (χ0n) is 12.5. The number of rotatable bonds is 6. The second kappa shape index (κ2) is 7.44. The first-order valence-corrected chi connectivity index (χ1v) is 7.76. The molecule has 110 valence electrons. The molecule has 1 aliphatic heterocycles. The maximum atomic E-state index is 12.4. The van der Waals surface area contributed by atoms with Crippen molar-refractivity contribution in [2.24, 2.45) is 5.73 Å². The maximum Gasteiger partial charge on any atom is 0.223 e. The van der Waals surface area contributed by atoms with E-state index in [4.69, 9.17) is 5.73 Å². The van der Waals surface area contributed by atoms with Gasteiger partial charge in [0, 0.05) is 19.0 Å². The smallest absolute Gasteiger partial charge is 0.223 e. The highest BCUT2D eigenvalue weighted by molar-refractivity contribution is 5.77. The molecule has 3 nitrogen and oxygen atoms in total. The van der Waals surface area contributed by atoms with Gasteiger partial charge >= 0.3 is 0 Å². The standard InChI is InChI=1S/C17H26N2O/c1-14-6-8-15(9-7-14)10-11-17(20)19-13-3-5-16(19)4-2-12-18/h6-9,16H,2-5,10-13,18H2,1H3. The van der Waals surface area contributed by atoms with E-state index >= 15 is 0 Å². The highest BCUT2D eigenvalue weighted by atomic mass is 16.2. The van der Waals surface area contributed by atoms with E-state index in [0.717, 1.165) is 45.2 Å². The summed E-state index contributed by atoms with van der Waals surface area (Å²) in [5.41, 5.74) is 8.09. The minimum Gasteiger partial charge on any atom is -0.340 e. The monoisotopic (exact) mass is 274 g/mol. The SMILES string of the molecule is Cc1ccc(CCC(=O)N2CCCC2CCCN)cc1. The molecular formula is C17H26N2O. The lowest BCUT2D eigenvalue weighted by atomic mass is 10.1. The first-order valence-electron chi connectivity index (χ1n) is 7.76. The van der Waals surface area contributed by atoms with Crippen LogP contribution in [0.5, 0.6) is 0 Å². The van der Waals surface area contributed by atoms with Crippen molar-refractivity contribution in [1.82, 2.24) is 4.90 Å². The summed E-state index contributed by atoms with van der Waals surface area (Å²) in [5.74, 6) is 0.310. The van der Waals surface area contributed by atoms with Crippen LogP contribution in [0.4, 0.5) is 0 Å². The number of benzene rings is 1. The summed E-state index contributed by atoms with van der Waals surface area (Å²) in [6, 6.07) is 8.90. The summed E-state index contributed by atoms with van der Waals surface area (Å²) < 4.78 is 0. The fourth-order valence-corrected chi connectivity index (χ4v) is 2.97. The molecule has 2 rings (SSSR count). The molecule has 0 spiro atoms. The van der Waals surface area contributed by atoms with Crippen molar-refractivity contribution < 1.29 is 4.79 Å². The van der Waals surface area contributed by atoms with E-state index < -0.39 is 0 Å². The van der Waals surface area contributed by atoms with Crippen LogP contribution < -0.4 is 5.73 Å². The number of likely N-dealkylation sites (tertiary alicyclic amines) is 1. The van der Waals surface area contributed by atoms with Crippen molar-refractivity contribution in [3.05, 3.63) is 35.4 Å². The summed E-state index contributed by atoms with van der Waals surface area (Å²) in [6.07, 6.45) is 5.85. The Balaban J connectivity index is 1.83. The molecule has 1 aromatic rings. The Labute approximate surface area is 122 Å². The molecule has 1 aromatic carbocycles. The average molecular weight is 274 g/mol. The van der Waals surface area contributed by atoms with Gasteiger partial charge in [-0.1, -0.05) is 29.8 Å². The first kappa shape index (κ1) is 15.0. The fourth-order valence-electron chi connectivity index (χ4n) is 2.97. The summed E-state index contributed by atoms with van der Waals surface area (Å²) in [7, 11) is 0. The zero-order chi connectivity index (χ0) is 14.4. The highest BCUT2D eigenvalue weighted by Gasteiger charge is 2.27. The first-order chi connectivity index (χ1) is 9.70. The molecule has 2 N–H and O–H groups in total. The molecule has 3 heteroatoms. The Hall–Kier alpha value is -1.35. The summed E-state index contributed by atoms with van der Waals surface area (Å²) >= 11 is 0. The molecule has 1 fully saturated rings. The molecule has 20 heavy (non-hydrogen) atoms. The molecule has 1 atom stereocenters. The Morgan fingerprint density at radius 2 is 2.10 bits per heavy atom. The van der Waals surface area contributed by atoms with E-state index in [1.54, 1.807) is 0 Å². The minimum absolute atomic E-state index is 0.310. The number of hydrogen-bond acceptors (Lipinski definition) is 2. The van der Waals surface area contributed by atoms with E-state index in [0.29, 0.717) is 18.4 Å². The lowest BCUT2D eigenvalue weighted by Gasteiger charge is -2.24. The van der Waals surface area contributed by atoms with E-state index in [-0.39, 0.29) is 0 Å². The van der Waals surface area contributed by atoms with Crippen LogP contribution in [0.15, 0.2) is 24.3 Å². The van der Waals surface area contributed by atoms with Crippen molar-refractivity contribution in [3.63, 3.8) is 0 Å². The molecule has 1 amide bonds. The quantitative estimate of drug-likeness (QED) is 0.867. The van der Waals surface area contributed by atoms with E-state index in [9.17, 15) is 4.79 Å². The minimum atomic E-state index is 0.310. The third-order valence-electron chi connectivity index (χ3n) is 4.19. The average Bonchev–Trinajstić information content (AvgIpc) is 2.92. The number of carbonyl (C=O) groups is 1. The molecular weight excluding hydrogens is 248 g/mol. The van der Waals surface area contributed by atoms with Gasteiger partial charge in [-0.3, -0.25) is 4.79 Å². The van der Waals surface area contributed by atoms with Gasteiger partial charge in [0.15, 0.2) is 0 Å². The van der Waals surface area contributed by atoms with Gasteiger partial charge in [0.2, 0.25) is 5.91 Å². The number of amides is 1. The lowest BCUT2D eigenvalue weighted by molar-refractivity contribution is -0.132. The van der Waals surface area contributed by atoms with Crippen LogP contribution in [0.1, 0.15) is 43.2 Å². The number of aryl methyl sites for hydroxylation is 2. The number of nitrogens with two attached hydrogens (primary N) is 1. The van der Waals surface area contributed by atoms with Gasteiger partial charge in [-0.05, 0) is 51.1 Å². The van der Waals surface area contributed by atoms with Crippen LogP contribution in [0, 0.1) is 6.92 Å². The van der Waals surface area contributed by atoms with Crippen molar-refractivity contribution in [2.75, 3.05) is 13.1 Å². The number of hydrogen-bond donors (Lipinski definition) is 1. The Morgan fingerprint density at radius 3 is 2.80 bits per heavy atom. The van der Waals surface area contributed by atoms with Gasteiger partial charge < -0.3 is 10.6 Å². The second-order valence-corrected chi connectivity index (χ2v) is 5.80. The van der Waals surface area contributed by atoms with Crippen LogP contribution in [0.2, 0.25) is 0 Å². The van der Waals surface area contributed by atoms with Crippen molar-refractivity contribution in [3.8, 4) is 0 Å². The molecule has 1 saturated heterocycles. The second-order valence-electron chi connectivity index (χ2n) is 5.80. The summed E-state index contributed by atoms with van der Waals surface area (Å²) in [4.78, 5) is 14.4. The molecule has 1 aliphatic rings. The van der Waals surface area contributed by atoms with Crippen LogP contribution >= 0.6 is 0 Å². The Kier molecular flexibility index (Phi) is 5.60. The van der Waals surface area contributed by atoms with Gasteiger partial charge in [0.05, 0.1) is 0 Å². The molecule has 0 aliphatic carbocycles. The van der Waals surface area contributed by atoms with Crippen LogP contribution in [-0.2, 0) is 11.2 Å². The third-order valence-corrected chi connectivity index (χ3v) is 4.19. The van der Waals surface area contributed by atoms with Gasteiger partial charge in [-0.25, -0.2) is 0 Å². The van der Waals surface area contributed by atoms with Gasteiger partial charge in [0.25, 0.3) is 0 Å². The molecule has 0 radical (unpaired) electrons. The van der Waals surface area contributed by atoms with Gasteiger partial charge in [-0.2, -0.15) is 0 Å². The van der Waals surface area contributed by atoms with Crippen molar-refractivity contribution in [1.29, 1.82) is 0 Å². The van der Waals surface area contributed by atoms with Gasteiger partial charge in [-0.15, -0.1) is 0 Å². The molecule has 0 saturated carbocycles. The summed E-state index contributed by atoms with van der Waals surface area (Å²) in [6.45, 7) is 3.74. The predicted molar refractivity (Wildman–Crippen MR) is 82.5 cm³/mol. The number of carbonyl (C=O) groups excluding carboxylic acids is 1. The molecule has 0 aromatic heterocycles. The number of nitrogens with zero attached hydrogens (tertiary/aromatic N) is 1. The Morgan fingerprint density at radius 1 is 1.35 bits per heavy atom. The van der Waals surface area contributed by atoms with Crippen molar-refractivity contribution in [2.45, 2.75) is 51.5 Å². The normalized spacial score (nSPS) is 18.5. The predicted octanol–water partition coefficient (Wildman–Crippen LogP) is 2.66. The lowest BCUT2D eigenvalue weighted by Crippen LogP contribution is -2.35. The highest BCUT2D eigenvalue weighted by Crippen LogP contribution is 2.22. The van der Waals surface area contributed by atoms with E-state index in [1.807, 2.05) is 0 Å². The molecule has 0 bridgehead atoms. The van der Waals surface area contributed by atoms with Crippen molar-refractivity contribution >= 4 is 5.91 Å². The topological polar surface area (TPSA) is 46.3 Å². The van der Waals surface area contributed by atoms with E-state index in [2.05, 4.69) is 36.1 Å². The van der Waals surface area contributed by atoms with Crippen LogP contribution in [0.25, 0.3) is 0 Å². The van der Waals surface area contributed by atoms with Gasteiger partial charge in [0.1, 0.15) is 0 Å². The summed E-state index contributed by atoms with van der Waals surface area (Å²) in [5, 5.41) is 0. The maximum absolute atomic E-state index is 12.4. The molecule has 1 unspecified atom stereocenters.